The first-order chi connectivity index (χ1) is 7.67. The maximum Gasteiger partial charge on any atom is 0.264 e. The van der Waals surface area contributed by atoms with Crippen LogP contribution in [0.1, 0.15) is 32.0 Å². The van der Waals surface area contributed by atoms with Gasteiger partial charge in [0.05, 0.1) is 12.3 Å². The molecule has 0 saturated heterocycles. The summed E-state index contributed by atoms with van der Waals surface area (Å²) < 4.78 is 5.11. The van der Waals surface area contributed by atoms with Crippen LogP contribution in [0.25, 0.3) is 0 Å². The molecular formula is C11H19N3O2. The summed E-state index contributed by atoms with van der Waals surface area (Å²) in [4.78, 5) is 10.9. The van der Waals surface area contributed by atoms with Gasteiger partial charge in [-0.1, -0.05) is 6.92 Å². The van der Waals surface area contributed by atoms with Crippen molar-refractivity contribution in [2.45, 2.75) is 32.4 Å². The van der Waals surface area contributed by atoms with Gasteiger partial charge in [0.15, 0.2) is 0 Å². The van der Waals surface area contributed by atoms with E-state index >= 15 is 0 Å². The monoisotopic (exact) mass is 225 g/mol. The molecule has 0 bridgehead atoms. The smallest absolute Gasteiger partial charge is 0.264 e. The molecule has 2 unspecified atom stereocenters. The first-order valence-corrected chi connectivity index (χ1v) is 5.48. The summed E-state index contributed by atoms with van der Waals surface area (Å²) in [6, 6.07) is 3.61. The highest BCUT2D eigenvalue weighted by Gasteiger charge is 2.12. The quantitative estimate of drug-likeness (QED) is 0.753. The largest absolute Gasteiger partial charge is 0.383 e. The van der Waals surface area contributed by atoms with Crippen molar-refractivity contribution in [3.05, 3.63) is 28.2 Å². The van der Waals surface area contributed by atoms with Crippen LogP contribution in [0.15, 0.2) is 16.9 Å². The van der Waals surface area contributed by atoms with Gasteiger partial charge in [-0.25, -0.2) is 5.10 Å². The zero-order valence-electron chi connectivity index (χ0n) is 9.99. The van der Waals surface area contributed by atoms with Crippen molar-refractivity contribution in [1.82, 2.24) is 15.5 Å². The van der Waals surface area contributed by atoms with Crippen molar-refractivity contribution in [3.8, 4) is 0 Å². The van der Waals surface area contributed by atoms with Gasteiger partial charge in [-0.2, -0.15) is 5.10 Å². The van der Waals surface area contributed by atoms with E-state index in [-0.39, 0.29) is 11.6 Å². The molecule has 0 radical (unpaired) electrons. The van der Waals surface area contributed by atoms with Crippen LogP contribution in [-0.4, -0.2) is 30.0 Å². The molecule has 1 heterocycles. The van der Waals surface area contributed by atoms with Gasteiger partial charge >= 0.3 is 0 Å². The highest BCUT2D eigenvalue weighted by atomic mass is 16.5. The lowest BCUT2D eigenvalue weighted by Crippen LogP contribution is -2.35. The van der Waals surface area contributed by atoms with Gasteiger partial charge in [0.2, 0.25) is 0 Å². The number of ether oxygens (including phenoxy) is 1. The molecule has 1 aromatic rings. The van der Waals surface area contributed by atoms with E-state index in [4.69, 9.17) is 4.74 Å². The van der Waals surface area contributed by atoms with Crippen LogP contribution in [0.3, 0.4) is 0 Å². The number of nitrogens with one attached hydrogen (secondary N) is 2. The Labute approximate surface area is 95.2 Å². The molecule has 16 heavy (non-hydrogen) atoms. The van der Waals surface area contributed by atoms with Crippen LogP contribution >= 0.6 is 0 Å². The summed E-state index contributed by atoms with van der Waals surface area (Å²) in [6.07, 6.45) is 0.988. The van der Waals surface area contributed by atoms with Gasteiger partial charge in [0.1, 0.15) is 0 Å². The van der Waals surface area contributed by atoms with Crippen LogP contribution in [0, 0.1) is 0 Å². The third-order valence-electron chi connectivity index (χ3n) is 2.49. The Bertz CT molecular complexity index is 344. The Balaban J connectivity index is 2.60. The summed E-state index contributed by atoms with van der Waals surface area (Å²) >= 11 is 0. The third kappa shape index (κ3) is 3.75. The Morgan fingerprint density at radius 3 is 2.81 bits per heavy atom. The van der Waals surface area contributed by atoms with Crippen molar-refractivity contribution in [1.29, 1.82) is 0 Å². The SMILES string of the molecule is CCC(COC)NC(C)c1ccc(=O)[nH]n1. The van der Waals surface area contributed by atoms with E-state index in [9.17, 15) is 4.79 Å². The Morgan fingerprint density at radius 2 is 2.31 bits per heavy atom. The molecule has 1 aromatic heterocycles. The summed E-state index contributed by atoms with van der Waals surface area (Å²) in [6.45, 7) is 4.78. The molecule has 2 atom stereocenters. The minimum atomic E-state index is -0.181. The molecule has 0 aliphatic heterocycles. The second kappa shape index (κ2) is 6.40. The van der Waals surface area contributed by atoms with E-state index in [2.05, 4.69) is 22.4 Å². The van der Waals surface area contributed by atoms with Gasteiger partial charge in [-0.05, 0) is 19.4 Å². The average molecular weight is 225 g/mol. The number of aromatic nitrogens is 2. The average Bonchev–Trinajstić information content (AvgIpc) is 2.29. The minimum Gasteiger partial charge on any atom is -0.383 e. The van der Waals surface area contributed by atoms with Crippen molar-refractivity contribution >= 4 is 0 Å². The normalized spacial score (nSPS) is 14.7. The number of nitrogens with zero attached hydrogens (tertiary/aromatic N) is 1. The number of H-pyrrole nitrogens is 1. The number of hydrogen-bond acceptors (Lipinski definition) is 4. The number of methoxy groups -OCH3 is 1. The van der Waals surface area contributed by atoms with Gasteiger partial charge in [-0.3, -0.25) is 4.79 Å². The van der Waals surface area contributed by atoms with E-state index < -0.39 is 0 Å². The summed E-state index contributed by atoms with van der Waals surface area (Å²) in [5.74, 6) is 0. The third-order valence-corrected chi connectivity index (χ3v) is 2.49. The molecule has 0 saturated carbocycles. The number of hydrogen-bond donors (Lipinski definition) is 2. The summed E-state index contributed by atoms with van der Waals surface area (Å²) in [5.41, 5.74) is 0.647. The van der Waals surface area contributed by atoms with Gasteiger partial charge < -0.3 is 10.1 Å². The predicted molar refractivity (Wildman–Crippen MR) is 62.4 cm³/mol. The Hall–Kier alpha value is -1.20. The molecule has 0 aromatic carbocycles. The fourth-order valence-corrected chi connectivity index (χ4v) is 1.52. The maximum atomic E-state index is 10.9. The maximum absolute atomic E-state index is 10.9. The van der Waals surface area contributed by atoms with E-state index in [0.29, 0.717) is 12.6 Å². The molecule has 90 valence electrons. The van der Waals surface area contributed by atoms with Crippen LogP contribution in [-0.2, 0) is 4.74 Å². The standard InChI is InChI=1S/C11H19N3O2/c1-4-9(7-16-3)12-8(2)10-5-6-11(15)14-13-10/h5-6,8-9,12H,4,7H2,1-3H3,(H,14,15). The fourth-order valence-electron chi connectivity index (χ4n) is 1.52. The lowest BCUT2D eigenvalue weighted by Gasteiger charge is -2.20. The van der Waals surface area contributed by atoms with E-state index in [1.165, 1.54) is 6.07 Å². The number of rotatable bonds is 6. The Morgan fingerprint density at radius 1 is 1.56 bits per heavy atom. The van der Waals surface area contributed by atoms with E-state index in [0.717, 1.165) is 12.1 Å². The zero-order valence-corrected chi connectivity index (χ0v) is 9.99. The molecule has 0 spiro atoms. The predicted octanol–water partition coefficient (Wildman–Crippen LogP) is 0.845. The van der Waals surface area contributed by atoms with Crippen LogP contribution in [0.5, 0.6) is 0 Å². The summed E-state index contributed by atoms with van der Waals surface area (Å²) in [7, 11) is 1.69. The molecule has 0 aliphatic rings. The van der Waals surface area contributed by atoms with Crippen LogP contribution < -0.4 is 10.9 Å². The zero-order chi connectivity index (χ0) is 12.0. The van der Waals surface area contributed by atoms with Crippen molar-refractivity contribution < 1.29 is 4.74 Å². The lowest BCUT2D eigenvalue weighted by atomic mass is 10.1. The van der Waals surface area contributed by atoms with E-state index in [1.807, 2.05) is 6.92 Å². The molecule has 0 fully saturated rings. The molecule has 0 amide bonds. The van der Waals surface area contributed by atoms with Gasteiger partial charge in [-0.15, -0.1) is 0 Å². The van der Waals surface area contributed by atoms with Gasteiger partial charge in [0, 0.05) is 25.3 Å². The van der Waals surface area contributed by atoms with Crippen molar-refractivity contribution in [3.63, 3.8) is 0 Å². The van der Waals surface area contributed by atoms with Crippen LogP contribution in [0.2, 0.25) is 0 Å². The molecule has 2 N–H and O–H groups in total. The fraction of sp³-hybridized carbons (Fsp3) is 0.636. The van der Waals surface area contributed by atoms with Crippen LogP contribution in [0.4, 0.5) is 0 Å². The minimum absolute atomic E-state index is 0.0944. The first kappa shape index (κ1) is 12.9. The lowest BCUT2D eigenvalue weighted by molar-refractivity contribution is 0.159. The van der Waals surface area contributed by atoms with Gasteiger partial charge in [0.25, 0.3) is 5.56 Å². The topological polar surface area (TPSA) is 67.0 Å². The first-order valence-electron chi connectivity index (χ1n) is 5.48. The molecule has 5 heteroatoms. The van der Waals surface area contributed by atoms with Crippen molar-refractivity contribution in [2.75, 3.05) is 13.7 Å². The molecule has 0 aliphatic carbocycles. The Kier molecular flexibility index (Phi) is 5.14. The summed E-state index contributed by atoms with van der Waals surface area (Å²) in [5, 5.41) is 9.81. The van der Waals surface area contributed by atoms with Crippen molar-refractivity contribution in [2.24, 2.45) is 0 Å². The highest BCUT2D eigenvalue weighted by Crippen LogP contribution is 2.08. The second-order valence-electron chi connectivity index (χ2n) is 3.79. The van der Waals surface area contributed by atoms with E-state index in [1.54, 1.807) is 13.2 Å². The number of aromatic amines is 1. The molecular weight excluding hydrogens is 206 g/mol. The highest BCUT2D eigenvalue weighted by molar-refractivity contribution is 5.04. The second-order valence-corrected chi connectivity index (χ2v) is 3.79. The molecule has 5 nitrogen and oxygen atoms in total. The molecule has 1 rings (SSSR count).